The van der Waals surface area contributed by atoms with Gasteiger partial charge in [0.1, 0.15) is 0 Å². The van der Waals surface area contributed by atoms with Crippen molar-refractivity contribution in [3.05, 3.63) is 39.3 Å². The molecule has 136 valence electrons. The monoisotopic (exact) mass is 362 g/mol. The van der Waals surface area contributed by atoms with E-state index in [1.165, 1.54) is 4.88 Å². The summed E-state index contributed by atoms with van der Waals surface area (Å²) < 4.78 is 5.42. The van der Waals surface area contributed by atoms with Gasteiger partial charge in [-0.3, -0.25) is 0 Å². The molecular weight excluding hydrogens is 336 g/mol. The summed E-state index contributed by atoms with van der Waals surface area (Å²) in [5.41, 5.74) is 2.04. The number of aliphatic imine (C=N–C) groups is 1. The number of phenols is 1. The Labute approximate surface area is 153 Å². The molecule has 2 aromatic rings. The minimum atomic E-state index is 0.149. The van der Waals surface area contributed by atoms with Crippen LogP contribution >= 0.6 is 11.3 Å². The molecule has 0 aliphatic rings. The smallest absolute Gasteiger partial charge is 0.191 e. The molecule has 6 nitrogen and oxygen atoms in total. The Kier molecular flexibility index (Phi) is 7.06. The lowest BCUT2D eigenvalue weighted by atomic mass is 10.2. The Hall–Kier alpha value is -2.28. The molecule has 0 unspecified atom stereocenters. The first-order chi connectivity index (χ1) is 12.0. The largest absolute Gasteiger partial charge is 0.504 e. The third-order valence-corrected chi connectivity index (χ3v) is 4.58. The molecule has 0 saturated carbocycles. The van der Waals surface area contributed by atoms with Gasteiger partial charge in [0.05, 0.1) is 30.4 Å². The summed E-state index contributed by atoms with van der Waals surface area (Å²) in [4.78, 5) is 10.3. The van der Waals surface area contributed by atoms with Crippen LogP contribution < -0.4 is 15.4 Å². The van der Waals surface area contributed by atoms with Gasteiger partial charge in [-0.25, -0.2) is 9.98 Å². The van der Waals surface area contributed by atoms with Crippen LogP contribution in [-0.4, -0.2) is 29.2 Å². The number of guanidine groups is 1. The highest BCUT2D eigenvalue weighted by molar-refractivity contribution is 7.11. The molecule has 0 atom stereocenters. The quantitative estimate of drug-likeness (QED) is 0.521. The van der Waals surface area contributed by atoms with Gasteiger partial charge in [0.2, 0.25) is 0 Å². The van der Waals surface area contributed by atoms with Crippen molar-refractivity contribution in [1.29, 1.82) is 0 Å². The van der Waals surface area contributed by atoms with Gasteiger partial charge in [-0.05, 0) is 45.4 Å². The first-order valence-electron chi connectivity index (χ1n) is 8.43. The van der Waals surface area contributed by atoms with Crippen molar-refractivity contribution in [2.75, 3.05) is 13.2 Å². The molecule has 25 heavy (non-hydrogen) atoms. The molecule has 0 amide bonds. The molecule has 0 aliphatic carbocycles. The second-order valence-corrected chi connectivity index (χ2v) is 6.81. The van der Waals surface area contributed by atoms with E-state index in [2.05, 4.69) is 20.6 Å². The zero-order chi connectivity index (χ0) is 18.2. The number of hydrogen-bond donors (Lipinski definition) is 3. The van der Waals surface area contributed by atoms with E-state index in [0.29, 0.717) is 25.4 Å². The molecule has 1 heterocycles. The summed E-state index contributed by atoms with van der Waals surface area (Å²) in [6, 6.07) is 5.31. The van der Waals surface area contributed by atoms with Gasteiger partial charge in [0.15, 0.2) is 17.5 Å². The Morgan fingerprint density at radius 2 is 2.08 bits per heavy atom. The lowest BCUT2D eigenvalue weighted by molar-refractivity contribution is 0.318. The first-order valence-corrected chi connectivity index (χ1v) is 9.24. The number of hydrogen-bond acceptors (Lipinski definition) is 5. The van der Waals surface area contributed by atoms with Gasteiger partial charge in [0.25, 0.3) is 0 Å². The Morgan fingerprint density at radius 1 is 1.28 bits per heavy atom. The second kappa shape index (κ2) is 9.27. The van der Waals surface area contributed by atoms with Crippen LogP contribution in [0.2, 0.25) is 0 Å². The molecule has 0 fully saturated rings. The number of nitrogens with one attached hydrogen (secondary N) is 2. The maximum absolute atomic E-state index is 9.78. The number of aromatic hydroxyl groups is 1. The number of ether oxygens (including phenoxy) is 1. The number of aromatic nitrogens is 1. The summed E-state index contributed by atoms with van der Waals surface area (Å²) in [6.07, 6.45) is 0. The zero-order valence-corrected chi connectivity index (χ0v) is 16.0. The van der Waals surface area contributed by atoms with Crippen molar-refractivity contribution in [3.8, 4) is 11.5 Å². The Bertz CT molecular complexity index is 728. The highest BCUT2D eigenvalue weighted by Crippen LogP contribution is 2.27. The van der Waals surface area contributed by atoms with E-state index < -0.39 is 0 Å². The average Bonchev–Trinajstić information content (AvgIpc) is 2.90. The van der Waals surface area contributed by atoms with Crippen molar-refractivity contribution >= 4 is 17.3 Å². The van der Waals surface area contributed by atoms with E-state index >= 15 is 0 Å². The normalized spacial score (nSPS) is 11.4. The van der Waals surface area contributed by atoms with Gasteiger partial charge in [0, 0.05) is 11.4 Å². The molecule has 0 aliphatic heterocycles. The van der Waals surface area contributed by atoms with Crippen LogP contribution in [0, 0.1) is 13.8 Å². The minimum absolute atomic E-state index is 0.149. The van der Waals surface area contributed by atoms with Crippen LogP contribution in [0.1, 0.15) is 35.0 Å². The number of rotatable bonds is 7. The molecule has 3 N–H and O–H groups in total. The third-order valence-electron chi connectivity index (χ3n) is 3.50. The molecule has 0 radical (unpaired) electrons. The van der Waals surface area contributed by atoms with Crippen molar-refractivity contribution < 1.29 is 9.84 Å². The highest BCUT2D eigenvalue weighted by atomic mass is 32.1. The summed E-state index contributed by atoms with van der Waals surface area (Å²) in [6.45, 7) is 10.5. The van der Waals surface area contributed by atoms with Crippen LogP contribution in [0.25, 0.3) is 0 Å². The molecule has 2 rings (SSSR count). The van der Waals surface area contributed by atoms with Gasteiger partial charge in [-0.1, -0.05) is 6.07 Å². The van der Waals surface area contributed by atoms with Crippen LogP contribution in [0.5, 0.6) is 11.5 Å². The van der Waals surface area contributed by atoms with E-state index in [4.69, 9.17) is 4.74 Å². The third kappa shape index (κ3) is 5.63. The van der Waals surface area contributed by atoms with E-state index in [-0.39, 0.29) is 5.75 Å². The molecule has 7 heteroatoms. The van der Waals surface area contributed by atoms with Crippen molar-refractivity contribution in [1.82, 2.24) is 15.6 Å². The Balaban J connectivity index is 2.03. The summed E-state index contributed by atoms with van der Waals surface area (Å²) >= 11 is 1.70. The van der Waals surface area contributed by atoms with Crippen LogP contribution in [0.15, 0.2) is 23.2 Å². The van der Waals surface area contributed by atoms with E-state index in [1.54, 1.807) is 17.4 Å². The van der Waals surface area contributed by atoms with Gasteiger partial charge in [-0.15, -0.1) is 11.3 Å². The number of nitrogens with zero attached hydrogens (tertiary/aromatic N) is 2. The molecule has 0 bridgehead atoms. The summed E-state index contributed by atoms with van der Waals surface area (Å²) in [5, 5.41) is 17.4. The van der Waals surface area contributed by atoms with Crippen molar-refractivity contribution in [3.63, 3.8) is 0 Å². The fraction of sp³-hybridized carbons (Fsp3) is 0.444. The fourth-order valence-corrected chi connectivity index (χ4v) is 3.22. The van der Waals surface area contributed by atoms with Crippen molar-refractivity contribution in [2.45, 2.75) is 40.8 Å². The lowest BCUT2D eigenvalue weighted by Gasteiger charge is -2.11. The number of aryl methyl sites for hydroxylation is 2. The molecule has 1 aromatic carbocycles. The SMILES string of the molecule is CCNC(=NCc1ccc(O)c(OCC)c1)NCc1sc(C)nc1C. The van der Waals surface area contributed by atoms with Gasteiger partial charge in [-0.2, -0.15) is 0 Å². The predicted molar refractivity (Wildman–Crippen MR) is 103 cm³/mol. The number of phenolic OH excluding ortho intramolecular Hbond substituents is 1. The Morgan fingerprint density at radius 3 is 2.72 bits per heavy atom. The minimum Gasteiger partial charge on any atom is -0.504 e. The lowest BCUT2D eigenvalue weighted by Crippen LogP contribution is -2.36. The number of thiazole rings is 1. The van der Waals surface area contributed by atoms with Crippen LogP contribution in [0.4, 0.5) is 0 Å². The van der Waals surface area contributed by atoms with Gasteiger partial charge >= 0.3 is 0 Å². The standard InChI is InChI=1S/C18H26N4O2S/c1-5-19-18(21-11-17-12(3)22-13(4)25-17)20-10-14-7-8-15(23)16(9-14)24-6-2/h7-9,23H,5-6,10-11H2,1-4H3,(H2,19,20,21). The maximum atomic E-state index is 9.78. The van der Waals surface area contributed by atoms with Crippen LogP contribution in [-0.2, 0) is 13.1 Å². The topological polar surface area (TPSA) is 78.8 Å². The zero-order valence-electron chi connectivity index (χ0n) is 15.2. The highest BCUT2D eigenvalue weighted by Gasteiger charge is 2.07. The number of benzene rings is 1. The van der Waals surface area contributed by atoms with E-state index in [0.717, 1.165) is 28.8 Å². The van der Waals surface area contributed by atoms with Crippen LogP contribution in [0.3, 0.4) is 0 Å². The van der Waals surface area contributed by atoms with Crippen molar-refractivity contribution in [2.24, 2.45) is 4.99 Å². The predicted octanol–water partition coefficient (Wildman–Crippen LogP) is 3.12. The second-order valence-electron chi connectivity index (χ2n) is 5.53. The summed E-state index contributed by atoms with van der Waals surface area (Å²) in [5.74, 6) is 1.39. The van der Waals surface area contributed by atoms with Gasteiger partial charge < -0.3 is 20.5 Å². The average molecular weight is 362 g/mol. The molecule has 0 saturated heterocycles. The fourth-order valence-electron chi connectivity index (χ4n) is 2.34. The van der Waals surface area contributed by atoms with E-state index in [9.17, 15) is 5.11 Å². The maximum Gasteiger partial charge on any atom is 0.191 e. The molecule has 1 aromatic heterocycles. The van der Waals surface area contributed by atoms with E-state index in [1.807, 2.05) is 39.8 Å². The summed E-state index contributed by atoms with van der Waals surface area (Å²) in [7, 11) is 0. The molecule has 0 spiro atoms. The first kappa shape index (κ1) is 19.1. The molecular formula is C18H26N4O2S.